The van der Waals surface area contributed by atoms with Crippen molar-refractivity contribution >= 4 is 12.6 Å². The van der Waals surface area contributed by atoms with Gasteiger partial charge < -0.3 is 0 Å². The summed E-state index contributed by atoms with van der Waals surface area (Å²) in [6.45, 7) is 0. The van der Waals surface area contributed by atoms with Crippen molar-refractivity contribution < 1.29 is 0 Å². The maximum absolute atomic E-state index is 4.43. The number of fused-ring (bicyclic) bond motifs is 1. The van der Waals surface area contributed by atoms with Gasteiger partial charge in [0.2, 0.25) is 0 Å². The van der Waals surface area contributed by atoms with Crippen molar-refractivity contribution in [2.75, 3.05) is 0 Å². The number of hydrogen-bond donors (Lipinski definition) is 1. The minimum Gasteiger partial charge on any atom is -0.261 e. The van der Waals surface area contributed by atoms with Gasteiger partial charge in [-0.1, -0.05) is 6.07 Å². The molecule has 1 aromatic heterocycles. The fourth-order valence-electron chi connectivity index (χ4n) is 1.39. The number of thiol groups is 1. The number of aromatic nitrogens is 1. The minimum absolute atomic E-state index is 0.434. The van der Waals surface area contributed by atoms with Gasteiger partial charge in [0.25, 0.3) is 0 Å². The van der Waals surface area contributed by atoms with Gasteiger partial charge in [-0.15, -0.1) is 0 Å². The Kier molecular flexibility index (Phi) is 1.42. The summed E-state index contributed by atoms with van der Waals surface area (Å²) in [4.78, 5) is 4.26. The summed E-state index contributed by atoms with van der Waals surface area (Å²) in [7, 11) is 0. The van der Waals surface area contributed by atoms with Crippen LogP contribution in [0.15, 0.2) is 18.3 Å². The van der Waals surface area contributed by atoms with E-state index in [1.165, 1.54) is 11.3 Å². The molecule has 0 fully saturated rings. The van der Waals surface area contributed by atoms with Crippen molar-refractivity contribution in [1.29, 1.82) is 0 Å². The minimum atomic E-state index is 0.434. The molecule has 1 aliphatic carbocycles. The molecule has 0 saturated carbocycles. The van der Waals surface area contributed by atoms with Gasteiger partial charge in [-0.25, -0.2) is 0 Å². The van der Waals surface area contributed by atoms with E-state index in [9.17, 15) is 0 Å². The van der Waals surface area contributed by atoms with Gasteiger partial charge in [-0.05, 0) is 24.5 Å². The maximum Gasteiger partial charge on any atom is 0.0447 e. The Morgan fingerprint density at radius 2 is 2.50 bits per heavy atom. The second-order valence-electron chi connectivity index (χ2n) is 2.59. The third-order valence-corrected chi connectivity index (χ3v) is 2.48. The zero-order valence-corrected chi connectivity index (χ0v) is 6.51. The molecule has 0 unspecified atom stereocenters. The van der Waals surface area contributed by atoms with Crippen LogP contribution in [0.1, 0.15) is 22.9 Å². The van der Waals surface area contributed by atoms with Gasteiger partial charge in [0.1, 0.15) is 0 Å². The summed E-state index contributed by atoms with van der Waals surface area (Å²) in [5.74, 6) is 0. The largest absolute Gasteiger partial charge is 0.261 e. The van der Waals surface area contributed by atoms with Gasteiger partial charge >= 0.3 is 0 Å². The van der Waals surface area contributed by atoms with Crippen LogP contribution in [0, 0.1) is 0 Å². The van der Waals surface area contributed by atoms with E-state index >= 15 is 0 Å². The van der Waals surface area contributed by atoms with Gasteiger partial charge in [-0.2, -0.15) is 12.6 Å². The first-order chi connectivity index (χ1) is 4.88. The third-order valence-electron chi connectivity index (χ3n) is 1.94. The summed E-state index contributed by atoms with van der Waals surface area (Å²) in [5.41, 5.74) is 2.56. The normalized spacial score (nSPS) is 22.7. The number of nitrogens with zero attached hydrogens (tertiary/aromatic N) is 1. The molecule has 10 heavy (non-hydrogen) atoms. The monoisotopic (exact) mass is 151 g/mol. The Morgan fingerprint density at radius 3 is 3.30 bits per heavy atom. The predicted molar refractivity (Wildman–Crippen MR) is 44.3 cm³/mol. The molecule has 0 bridgehead atoms. The highest BCUT2D eigenvalue weighted by atomic mass is 32.1. The summed E-state index contributed by atoms with van der Waals surface area (Å²) in [6.07, 6.45) is 4.10. The van der Waals surface area contributed by atoms with E-state index in [0.29, 0.717) is 5.25 Å². The number of hydrogen-bond acceptors (Lipinski definition) is 2. The zero-order valence-electron chi connectivity index (χ0n) is 5.62. The first kappa shape index (κ1) is 6.23. The molecule has 2 heteroatoms. The predicted octanol–water partition coefficient (Wildman–Crippen LogP) is 2.00. The molecule has 1 aliphatic rings. The molecule has 0 aromatic carbocycles. The molecule has 52 valence electrons. The SMILES string of the molecule is S[C@H]1CCc2ncccc21. The van der Waals surface area contributed by atoms with Gasteiger partial charge in [0.15, 0.2) is 0 Å². The first-order valence-electron chi connectivity index (χ1n) is 3.50. The number of pyridine rings is 1. The second kappa shape index (κ2) is 2.27. The van der Waals surface area contributed by atoms with Crippen LogP contribution in [-0.4, -0.2) is 4.98 Å². The van der Waals surface area contributed by atoms with E-state index in [4.69, 9.17) is 0 Å². The molecule has 0 N–H and O–H groups in total. The van der Waals surface area contributed by atoms with E-state index in [1.54, 1.807) is 0 Å². The molecular formula is C8H9NS. The van der Waals surface area contributed by atoms with Crippen LogP contribution in [0.2, 0.25) is 0 Å². The first-order valence-corrected chi connectivity index (χ1v) is 4.01. The van der Waals surface area contributed by atoms with Crippen LogP contribution in [-0.2, 0) is 6.42 Å². The summed E-state index contributed by atoms with van der Waals surface area (Å²) >= 11 is 4.43. The van der Waals surface area contributed by atoms with Crippen LogP contribution in [0.3, 0.4) is 0 Å². The van der Waals surface area contributed by atoms with Crippen molar-refractivity contribution in [2.24, 2.45) is 0 Å². The average Bonchev–Trinajstić information content (AvgIpc) is 2.34. The maximum atomic E-state index is 4.43. The van der Waals surface area contributed by atoms with E-state index in [1.807, 2.05) is 12.3 Å². The highest BCUT2D eigenvalue weighted by Gasteiger charge is 2.18. The van der Waals surface area contributed by atoms with Gasteiger partial charge in [0, 0.05) is 17.1 Å². The Balaban J connectivity index is 2.51. The molecule has 1 aromatic rings. The Morgan fingerprint density at radius 1 is 1.60 bits per heavy atom. The van der Waals surface area contributed by atoms with Crippen LogP contribution in [0.5, 0.6) is 0 Å². The summed E-state index contributed by atoms with van der Waals surface area (Å²) in [5, 5.41) is 0.434. The smallest absolute Gasteiger partial charge is 0.0447 e. The number of aryl methyl sites for hydroxylation is 1. The van der Waals surface area contributed by atoms with Crippen molar-refractivity contribution in [3.63, 3.8) is 0 Å². The van der Waals surface area contributed by atoms with Crippen molar-refractivity contribution in [1.82, 2.24) is 4.98 Å². The van der Waals surface area contributed by atoms with Crippen LogP contribution < -0.4 is 0 Å². The lowest BCUT2D eigenvalue weighted by atomic mass is 10.2. The average molecular weight is 151 g/mol. The molecule has 0 amide bonds. The van der Waals surface area contributed by atoms with Crippen molar-refractivity contribution in [3.8, 4) is 0 Å². The zero-order chi connectivity index (χ0) is 6.97. The molecular weight excluding hydrogens is 142 g/mol. The third kappa shape index (κ3) is 0.833. The lowest BCUT2D eigenvalue weighted by Crippen LogP contribution is -1.85. The molecule has 0 radical (unpaired) electrons. The van der Waals surface area contributed by atoms with Gasteiger partial charge in [0.05, 0.1) is 0 Å². The van der Waals surface area contributed by atoms with Crippen LogP contribution in [0.4, 0.5) is 0 Å². The standard InChI is InChI=1S/C8H9NS/c10-8-4-3-7-6(8)2-1-5-9-7/h1-2,5,8,10H,3-4H2/t8-/m0/s1. The lowest BCUT2D eigenvalue weighted by molar-refractivity contribution is 0.886. The van der Waals surface area contributed by atoms with E-state index in [2.05, 4.69) is 23.7 Å². The van der Waals surface area contributed by atoms with E-state index in [-0.39, 0.29) is 0 Å². The van der Waals surface area contributed by atoms with E-state index < -0.39 is 0 Å². The van der Waals surface area contributed by atoms with Gasteiger partial charge in [-0.3, -0.25) is 4.98 Å². The highest BCUT2D eigenvalue weighted by molar-refractivity contribution is 7.80. The molecule has 0 saturated heterocycles. The van der Waals surface area contributed by atoms with Crippen LogP contribution >= 0.6 is 12.6 Å². The van der Waals surface area contributed by atoms with Crippen molar-refractivity contribution in [2.45, 2.75) is 18.1 Å². The second-order valence-corrected chi connectivity index (χ2v) is 3.22. The molecule has 0 spiro atoms. The molecule has 2 rings (SSSR count). The molecule has 0 aliphatic heterocycles. The quantitative estimate of drug-likeness (QED) is 0.559. The fraction of sp³-hybridized carbons (Fsp3) is 0.375. The Bertz CT molecular complexity index is 247. The highest BCUT2D eigenvalue weighted by Crippen LogP contribution is 2.33. The molecule has 1 nitrogen and oxygen atoms in total. The van der Waals surface area contributed by atoms with Crippen LogP contribution in [0.25, 0.3) is 0 Å². The van der Waals surface area contributed by atoms with Crippen molar-refractivity contribution in [3.05, 3.63) is 29.6 Å². The lowest BCUT2D eigenvalue weighted by Gasteiger charge is -1.99. The summed E-state index contributed by atoms with van der Waals surface area (Å²) < 4.78 is 0. The fourth-order valence-corrected chi connectivity index (χ4v) is 1.76. The Hall–Kier alpha value is -0.500. The molecule has 1 heterocycles. The topological polar surface area (TPSA) is 12.9 Å². The number of rotatable bonds is 0. The van der Waals surface area contributed by atoms with E-state index in [0.717, 1.165) is 12.8 Å². The Labute approximate surface area is 65.9 Å². The summed E-state index contributed by atoms with van der Waals surface area (Å²) in [6, 6.07) is 4.10. The molecule has 1 atom stereocenters.